The van der Waals surface area contributed by atoms with E-state index in [0.29, 0.717) is 4.70 Å². The monoisotopic (exact) mass is 685 g/mol. The van der Waals surface area contributed by atoms with Crippen LogP contribution in [0.15, 0.2) is 170 Å². The molecule has 0 atom stereocenters. The first-order chi connectivity index (χ1) is 25.7. The Bertz CT molecular complexity index is 3200. The van der Waals surface area contributed by atoms with Gasteiger partial charge in [-0.05, 0) is 71.8 Å². The van der Waals surface area contributed by atoms with E-state index in [9.17, 15) is 4.39 Å². The van der Waals surface area contributed by atoms with Crippen molar-refractivity contribution >= 4 is 75.1 Å². The summed E-state index contributed by atoms with van der Waals surface area (Å²) in [6, 6.07) is 59.1. The predicted octanol–water partition coefficient (Wildman–Crippen LogP) is 13.1. The van der Waals surface area contributed by atoms with Crippen molar-refractivity contribution in [1.82, 2.24) is 14.1 Å². The average Bonchev–Trinajstić information content (AvgIpc) is 3.86. The highest BCUT2D eigenvalue weighted by Crippen LogP contribution is 2.42. The molecule has 0 saturated carbocycles. The lowest BCUT2D eigenvalue weighted by molar-refractivity contribution is 0.642. The van der Waals surface area contributed by atoms with E-state index in [1.807, 2.05) is 12.1 Å². The number of pyridine rings is 1. The third-order valence-electron chi connectivity index (χ3n) is 10.4. The highest BCUT2D eigenvalue weighted by molar-refractivity contribution is 7.26. The van der Waals surface area contributed by atoms with Crippen LogP contribution >= 0.6 is 11.3 Å². The zero-order valence-electron chi connectivity index (χ0n) is 27.8. The molecule has 4 aromatic heterocycles. The first-order valence-corrected chi connectivity index (χ1v) is 18.2. The molecule has 4 heterocycles. The number of nitrogens with zero attached hydrogens (tertiary/aromatic N) is 3. The Kier molecular flexibility index (Phi) is 6.30. The number of aromatic nitrogens is 3. The van der Waals surface area contributed by atoms with Gasteiger partial charge in [-0.15, -0.1) is 11.3 Å². The summed E-state index contributed by atoms with van der Waals surface area (Å²) in [6.07, 6.45) is 0. The van der Waals surface area contributed by atoms with Gasteiger partial charge in [0.1, 0.15) is 11.6 Å². The van der Waals surface area contributed by atoms with Crippen LogP contribution in [-0.2, 0) is 0 Å². The third kappa shape index (κ3) is 4.27. The van der Waals surface area contributed by atoms with Crippen LogP contribution in [0, 0.1) is 5.82 Å². The van der Waals surface area contributed by atoms with Gasteiger partial charge in [-0.3, -0.25) is 4.57 Å². The number of fused-ring (bicyclic) bond motifs is 9. The Labute approximate surface area is 302 Å². The molecule has 11 aromatic rings. The standard InChI is InChI=1S/C47H28FN3S/c48-39-18-9-16-36-35-15-8-17-37(46(35)52-47(36)39)40-19-10-22-45(49-40)51-42-21-7-4-13-32(42)34-25-23-30(28-44(34)51)29-24-26-43-38(27-29)33-14-5-6-20-41(33)50(43)31-11-2-1-3-12-31/h1-28H. The Morgan fingerprint density at radius 3 is 1.88 bits per heavy atom. The normalized spacial score (nSPS) is 11.9. The van der Waals surface area contributed by atoms with E-state index in [2.05, 4.69) is 155 Å². The summed E-state index contributed by atoms with van der Waals surface area (Å²) in [5.41, 5.74) is 9.89. The fourth-order valence-electron chi connectivity index (χ4n) is 8.09. The van der Waals surface area contributed by atoms with Crippen molar-refractivity contribution in [2.45, 2.75) is 0 Å². The number of rotatable bonds is 4. The second-order valence-corrected chi connectivity index (χ2v) is 14.3. The number of halogens is 1. The van der Waals surface area contributed by atoms with Crippen molar-refractivity contribution < 1.29 is 4.39 Å². The highest BCUT2D eigenvalue weighted by Gasteiger charge is 2.18. The maximum atomic E-state index is 14.9. The minimum atomic E-state index is -0.187. The highest BCUT2D eigenvalue weighted by atomic mass is 32.1. The maximum Gasteiger partial charge on any atom is 0.141 e. The quantitative estimate of drug-likeness (QED) is 0.181. The SMILES string of the molecule is Fc1cccc2c1sc1c(-c3cccc(-n4c5ccccc5c5ccc(-c6ccc7c(c6)c6ccccc6n7-c6ccccc6)cc54)n3)cccc12. The summed E-state index contributed by atoms with van der Waals surface area (Å²) in [6.45, 7) is 0. The minimum absolute atomic E-state index is 0.187. The molecule has 0 unspecified atom stereocenters. The van der Waals surface area contributed by atoms with Crippen LogP contribution in [-0.4, -0.2) is 14.1 Å². The van der Waals surface area contributed by atoms with Gasteiger partial charge in [0.15, 0.2) is 0 Å². The number of hydrogen-bond acceptors (Lipinski definition) is 2. The van der Waals surface area contributed by atoms with E-state index >= 15 is 0 Å². The molecule has 0 bridgehead atoms. The van der Waals surface area contributed by atoms with E-state index < -0.39 is 0 Å². The Hall–Kier alpha value is -6.56. The number of para-hydroxylation sites is 3. The summed E-state index contributed by atoms with van der Waals surface area (Å²) in [4.78, 5) is 5.31. The van der Waals surface area contributed by atoms with Gasteiger partial charge in [0, 0.05) is 48.3 Å². The molecule has 0 aliphatic heterocycles. The maximum absolute atomic E-state index is 14.9. The summed E-state index contributed by atoms with van der Waals surface area (Å²) < 4.78 is 21.2. The zero-order chi connectivity index (χ0) is 34.3. The first kappa shape index (κ1) is 29.2. The fraction of sp³-hybridized carbons (Fsp3) is 0. The molecule has 0 spiro atoms. The average molecular weight is 686 g/mol. The number of thiophene rings is 1. The lowest BCUT2D eigenvalue weighted by atomic mass is 10.0. The summed E-state index contributed by atoms with van der Waals surface area (Å²) in [7, 11) is 0. The smallest absolute Gasteiger partial charge is 0.141 e. The van der Waals surface area contributed by atoms with Crippen LogP contribution in [0.5, 0.6) is 0 Å². The van der Waals surface area contributed by atoms with Crippen molar-refractivity contribution in [2.75, 3.05) is 0 Å². The van der Waals surface area contributed by atoms with E-state index in [1.165, 1.54) is 50.0 Å². The third-order valence-corrected chi connectivity index (χ3v) is 11.7. The largest absolute Gasteiger partial charge is 0.309 e. The molecule has 0 aliphatic carbocycles. The van der Waals surface area contributed by atoms with Gasteiger partial charge in [-0.25, -0.2) is 9.37 Å². The molecule has 0 saturated heterocycles. The molecule has 0 radical (unpaired) electrons. The Balaban J connectivity index is 1.10. The van der Waals surface area contributed by atoms with Crippen LogP contribution in [0.3, 0.4) is 0 Å². The van der Waals surface area contributed by atoms with Gasteiger partial charge in [0.25, 0.3) is 0 Å². The topological polar surface area (TPSA) is 22.8 Å². The molecular weight excluding hydrogens is 658 g/mol. The van der Waals surface area contributed by atoms with Crippen molar-refractivity contribution in [3.63, 3.8) is 0 Å². The van der Waals surface area contributed by atoms with Crippen LogP contribution in [0.4, 0.5) is 4.39 Å². The molecule has 0 amide bonds. The van der Waals surface area contributed by atoms with Crippen molar-refractivity contribution in [3.05, 3.63) is 176 Å². The van der Waals surface area contributed by atoms with Crippen LogP contribution in [0.25, 0.3) is 97.7 Å². The van der Waals surface area contributed by atoms with Gasteiger partial charge >= 0.3 is 0 Å². The number of benzene rings is 7. The van der Waals surface area contributed by atoms with Crippen LogP contribution in [0.2, 0.25) is 0 Å². The first-order valence-electron chi connectivity index (χ1n) is 17.4. The molecule has 5 heteroatoms. The molecule has 3 nitrogen and oxygen atoms in total. The van der Waals surface area contributed by atoms with Gasteiger partial charge < -0.3 is 4.57 Å². The molecule has 0 aliphatic rings. The van der Waals surface area contributed by atoms with E-state index in [1.54, 1.807) is 6.07 Å². The van der Waals surface area contributed by atoms with Crippen molar-refractivity contribution in [3.8, 4) is 33.9 Å². The minimum Gasteiger partial charge on any atom is -0.309 e. The molecular formula is C47H28FN3S. The van der Waals surface area contributed by atoms with Gasteiger partial charge in [0.05, 0.1) is 32.5 Å². The van der Waals surface area contributed by atoms with Crippen molar-refractivity contribution in [1.29, 1.82) is 0 Å². The van der Waals surface area contributed by atoms with E-state index in [-0.39, 0.29) is 5.82 Å². The van der Waals surface area contributed by atoms with E-state index in [4.69, 9.17) is 4.98 Å². The molecule has 11 rings (SSSR count). The lowest BCUT2D eigenvalue weighted by Gasteiger charge is -2.11. The van der Waals surface area contributed by atoms with Crippen molar-refractivity contribution in [2.24, 2.45) is 0 Å². The van der Waals surface area contributed by atoms with Gasteiger partial charge in [0.2, 0.25) is 0 Å². The zero-order valence-corrected chi connectivity index (χ0v) is 28.6. The Morgan fingerprint density at radius 2 is 1.04 bits per heavy atom. The Morgan fingerprint density at radius 1 is 0.423 bits per heavy atom. The second kappa shape index (κ2) is 11.2. The molecule has 244 valence electrons. The number of hydrogen-bond donors (Lipinski definition) is 0. The fourth-order valence-corrected chi connectivity index (χ4v) is 9.32. The van der Waals surface area contributed by atoms with Gasteiger partial charge in [-0.2, -0.15) is 0 Å². The molecule has 0 fully saturated rings. The summed E-state index contributed by atoms with van der Waals surface area (Å²) in [5, 5.41) is 6.80. The summed E-state index contributed by atoms with van der Waals surface area (Å²) >= 11 is 1.50. The lowest BCUT2D eigenvalue weighted by Crippen LogP contribution is -1.98. The second-order valence-electron chi connectivity index (χ2n) is 13.3. The predicted molar refractivity (Wildman–Crippen MR) is 217 cm³/mol. The van der Waals surface area contributed by atoms with Gasteiger partial charge in [-0.1, -0.05) is 109 Å². The van der Waals surface area contributed by atoms with Crippen LogP contribution < -0.4 is 0 Å². The van der Waals surface area contributed by atoms with E-state index in [0.717, 1.165) is 60.4 Å². The molecule has 7 aromatic carbocycles. The molecule has 52 heavy (non-hydrogen) atoms. The van der Waals surface area contributed by atoms with Crippen LogP contribution in [0.1, 0.15) is 0 Å². The summed E-state index contributed by atoms with van der Waals surface area (Å²) in [5.74, 6) is 0.653. The molecule has 0 N–H and O–H groups in total.